The Bertz CT molecular complexity index is 229. The van der Waals surface area contributed by atoms with Crippen molar-refractivity contribution in [1.29, 1.82) is 0 Å². The lowest BCUT2D eigenvalue weighted by Gasteiger charge is -1.98. The molecule has 0 spiro atoms. The smallest absolute Gasteiger partial charge is 0.330 e. The van der Waals surface area contributed by atoms with Gasteiger partial charge in [-0.15, -0.1) is 0 Å². The topological polar surface area (TPSA) is 49.8 Å². The average Bonchev–Trinajstić information content (AvgIpc) is 2.99. The van der Waals surface area contributed by atoms with Gasteiger partial charge in [0.15, 0.2) is 0 Å². The number of allylic oxidation sites excluding steroid dienone is 1. The standard InChI is InChI=1S/C12H20O3/c1-10(12(13)14)7-5-3-2-4-6-8-11-9-15-11/h7,11H,2-6,8-9H2,1H3,(H,13,14). The monoisotopic (exact) mass is 212 g/mol. The molecule has 1 unspecified atom stereocenters. The zero-order valence-electron chi connectivity index (χ0n) is 9.37. The molecule has 1 aliphatic heterocycles. The zero-order valence-corrected chi connectivity index (χ0v) is 9.37. The molecule has 0 bridgehead atoms. The maximum atomic E-state index is 10.5. The molecule has 1 fully saturated rings. The minimum Gasteiger partial charge on any atom is -0.478 e. The van der Waals surface area contributed by atoms with Gasteiger partial charge in [-0.1, -0.05) is 25.3 Å². The van der Waals surface area contributed by atoms with E-state index in [1.54, 1.807) is 6.92 Å². The molecule has 3 heteroatoms. The molecule has 0 amide bonds. The second-order valence-electron chi connectivity index (χ2n) is 4.14. The third-order valence-electron chi connectivity index (χ3n) is 2.67. The summed E-state index contributed by atoms with van der Waals surface area (Å²) in [6, 6.07) is 0. The Hall–Kier alpha value is -0.830. The summed E-state index contributed by atoms with van der Waals surface area (Å²) < 4.78 is 5.12. The molecule has 0 aliphatic carbocycles. The van der Waals surface area contributed by atoms with Crippen LogP contribution in [0.1, 0.15) is 45.4 Å². The lowest BCUT2D eigenvalue weighted by atomic mass is 10.1. The molecular weight excluding hydrogens is 192 g/mol. The number of epoxide rings is 1. The average molecular weight is 212 g/mol. The van der Waals surface area contributed by atoms with Crippen LogP contribution in [0.5, 0.6) is 0 Å². The quantitative estimate of drug-likeness (QED) is 0.382. The second kappa shape index (κ2) is 6.62. The van der Waals surface area contributed by atoms with E-state index in [9.17, 15) is 4.79 Å². The van der Waals surface area contributed by atoms with Crippen LogP contribution in [0, 0.1) is 0 Å². The normalized spacial score (nSPS) is 20.3. The third kappa shape index (κ3) is 6.28. The number of hydrogen-bond acceptors (Lipinski definition) is 2. The summed E-state index contributed by atoms with van der Waals surface area (Å²) in [7, 11) is 0. The van der Waals surface area contributed by atoms with Crippen LogP contribution in [-0.4, -0.2) is 23.8 Å². The number of carbonyl (C=O) groups is 1. The Morgan fingerprint density at radius 2 is 2.07 bits per heavy atom. The van der Waals surface area contributed by atoms with Crippen molar-refractivity contribution in [1.82, 2.24) is 0 Å². The van der Waals surface area contributed by atoms with Gasteiger partial charge in [0.1, 0.15) is 0 Å². The number of ether oxygens (including phenoxy) is 1. The molecule has 3 nitrogen and oxygen atoms in total. The number of carboxylic acid groups (broad SMARTS) is 1. The summed E-state index contributed by atoms with van der Waals surface area (Å²) in [5.74, 6) is -0.805. The lowest BCUT2D eigenvalue weighted by Crippen LogP contribution is -1.95. The van der Waals surface area contributed by atoms with Crippen LogP contribution in [0.15, 0.2) is 11.6 Å². The van der Waals surface area contributed by atoms with Gasteiger partial charge in [-0.3, -0.25) is 0 Å². The number of aliphatic carboxylic acids is 1. The molecule has 1 heterocycles. The summed E-state index contributed by atoms with van der Waals surface area (Å²) in [5, 5.41) is 8.61. The van der Waals surface area contributed by atoms with E-state index in [1.165, 1.54) is 25.7 Å². The highest BCUT2D eigenvalue weighted by molar-refractivity contribution is 5.85. The molecule has 1 atom stereocenters. The maximum absolute atomic E-state index is 10.5. The van der Waals surface area contributed by atoms with E-state index in [2.05, 4.69) is 0 Å². The van der Waals surface area contributed by atoms with E-state index >= 15 is 0 Å². The number of unbranched alkanes of at least 4 members (excludes halogenated alkanes) is 4. The van der Waals surface area contributed by atoms with Crippen LogP contribution < -0.4 is 0 Å². The van der Waals surface area contributed by atoms with Gasteiger partial charge in [0.05, 0.1) is 12.7 Å². The Kier molecular flexibility index (Phi) is 5.40. The van der Waals surface area contributed by atoms with Crippen molar-refractivity contribution in [3.8, 4) is 0 Å². The van der Waals surface area contributed by atoms with Crippen LogP contribution in [0.2, 0.25) is 0 Å². The summed E-state index contributed by atoms with van der Waals surface area (Å²) in [4.78, 5) is 10.5. The highest BCUT2D eigenvalue weighted by Crippen LogP contribution is 2.17. The molecule has 0 aromatic carbocycles. The molecule has 86 valence electrons. The van der Waals surface area contributed by atoms with Gasteiger partial charge in [0.25, 0.3) is 0 Å². The Balaban J connectivity index is 1.87. The summed E-state index contributed by atoms with van der Waals surface area (Å²) >= 11 is 0. The van der Waals surface area contributed by atoms with Crippen molar-refractivity contribution in [2.75, 3.05) is 6.61 Å². The van der Waals surface area contributed by atoms with E-state index < -0.39 is 5.97 Å². The molecular formula is C12H20O3. The maximum Gasteiger partial charge on any atom is 0.330 e. The fourth-order valence-corrected chi connectivity index (χ4v) is 1.51. The molecule has 0 aromatic heterocycles. The molecule has 0 saturated carbocycles. The van der Waals surface area contributed by atoms with Gasteiger partial charge < -0.3 is 9.84 Å². The van der Waals surface area contributed by atoms with E-state index in [-0.39, 0.29) is 0 Å². The number of carboxylic acids is 1. The van der Waals surface area contributed by atoms with Gasteiger partial charge in [0.2, 0.25) is 0 Å². The van der Waals surface area contributed by atoms with Gasteiger partial charge in [-0.2, -0.15) is 0 Å². The minimum absolute atomic E-state index is 0.460. The molecule has 1 N–H and O–H groups in total. The summed E-state index contributed by atoms with van der Waals surface area (Å²) in [5.41, 5.74) is 0.460. The van der Waals surface area contributed by atoms with Crippen LogP contribution in [-0.2, 0) is 9.53 Å². The number of rotatable bonds is 8. The van der Waals surface area contributed by atoms with Crippen molar-refractivity contribution < 1.29 is 14.6 Å². The number of hydrogen-bond donors (Lipinski definition) is 1. The second-order valence-corrected chi connectivity index (χ2v) is 4.14. The molecule has 15 heavy (non-hydrogen) atoms. The first-order valence-electron chi connectivity index (χ1n) is 5.72. The first-order valence-corrected chi connectivity index (χ1v) is 5.72. The van der Waals surface area contributed by atoms with Crippen LogP contribution >= 0.6 is 0 Å². The SMILES string of the molecule is CC(=CCCCCCCC1CO1)C(=O)O. The Labute approximate surface area is 91.1 Å². The molecule has 0 aromatic rings. The highest BCUT2D eigenvalue weighted by atomic mass is 16.6. The predicted molar refractivity (Wildman–Crippen MR) is 58.8 cm³/mol. The molecule has 0 radical (unpaired) electrons. The van der Waals surface area contributed by atoms with E-state index in [1.807, 2.05) is 6.08 Å². The zero-order chi connectivity index (χ0) is 11.1. The first-order chi connectivity index (χ1) is 7.20. The fourth-order valence-electron chi connectivity index (χ4n) is 1.51. The fraction of sp³-hybridized carbons (Fsp3) is 0.750. The lowest BCUT2D eigenvalue weighted by molar-refractivity contribution is -0.132. The van der Waals surface area contributed by atoms with E-state index in [0.29, 0.717) is 11.7 Å². The third-order valence-corrected chi connectivity index (χ3v) is 2.67. The Morgan fingerprint density at radius 3 is 2.67 bits per heavy atom. The van der Waals surface area contributed by atoms with Crippen molar-refractivity contribution in [3.63, 3.8) is 0 Å². The van der Waals surface area contributed by atoms with Crippen LogP contribution in [0.3, 0.4) is 0 Å². The van der Waals surface area contributed by atoms with Gasteiger partial charge in [-0.05, 0) is 26.2 Å². The first kappa shape index (κ1) is 12.2. The Morgan fingerprint density at radius 1 is 1.40 bits per heavy atom. The van der Waals surface area contributed by atoms with Gasteiger partial charge in [-0.25, -0.2) is 4.79 Å². The van der Waals surface area contributed by atoms with Crippen molar-refractivity contribution in [2.45, 2.75) is 51.6 Å². The van der Waals surface area contributed by atoms with E-state index in [0.717, 1.165) is 19.4 Å². The van der Waals surface area contributed by atoms with Gasteiger partial charge >= 0.3 is 5.97 Å². The van der Waals surface area contributed by atoms with Crippen molar-refractivity contribution in [3.05, 3.63) is 11.6 Å². The largest absolute Gasteiger partial charge is 0.478 e. The van der Waals surface area contributed by atoms with Crippen molar-refractivity contribution >= 4 is 5.97 Å². The molecule has 1 aliphatic rings. The summed E-state index contributed by atoms with van der Waals surface area (Å²) in [6.07, 6.45) is 9.21. The summed E-state index contributed by atoms with van der Waals surface area (Å²) in [6.45, 7) is 2.60. The van der Waals surface area contributed by atoms with Crippen LogP contribution in [0.25, 0.3) is 0 Å². The predicted octanol–water partition coefficient (Wildman–Crippen LogP) is 2.76. The van der Waals surface area contributed by atoms with Gasteiger partial charge in [0, 0.05) is 5.57 Å². The van der Waals surface area contributed by atoms with E-state index in [4.69, 9.17) is 9.84 Å². The van der Waals surface area contributed by atoms with Crippen LogP contribution in [0.4, 0.5) is 0 Å². The van der Waals surface area contributed by atoms with Crippen molar-refractivity contribution in [2.24, 2.45) is 0 Å². The minimum atomic E-state index is -0.805. The highest BCUT2D eigenvalue weighted by Gasteiger charge is 2.20. The molecule has 1 saturated heterocycles. The molecule has 1 rings (SSSR count).